The van der Waals surface area contributed by atoms with Gasteiger partial charge in [-0.1, -0.05) is 54.6 Å². The Labute approximate surface area is 150 Å². The van der Waals surface area contributed by atoms with Gasteiger partial charge in [0.15, 0.2) is 0 Å². The van der Waals surface area contributed by atoms with Crippen molar-refractivity contribution in [3.8, 4) is 0 Å². The maximum Gasteiger partial charge on any atom is 0.0568 e. The van der Waals surface area contributed by atoms with Gasteiger partial charge < -0.3 is 9.13 Å². The zero-order valence-corrected chi connectivity index (χ0v) is 14.8. The van der Waals surface area contributed by atoms with Gasteiger partial charge in [0.05, 0.1) is 16.6 Å². The molecule has 0 aliphatic carbocycles. The standard InChI is InChI=1S/C24H18N2/c1-25-21-10-6-5-9-17(21)19-13-20-18-12-11-15-7-3-4-8-16(15)24(18)26(2)23(20)14-22(19)25/h3-14H,1-2H3. The minimum absolute atomic E-state index is 1.28. The lowest BCUT2D eigenvalue weighted by Crippen LogP contribution is -1.89. The van der Waals surface area contributed by atoms with Crippen molar-refractivity contribution in [3.63, 3.8) is 0 Å². The highest BCUT2D eigenvalue weighted by molar-refractivity contribution is 6.22. The molecule has 124 valence electrons. The lowest BCUT2D eigenvalue weighted by molar-refractivity contribution is 1.00. The van der Waals surface area contributed by atoms with Gasteiger partial charge in [0.25, 0.3) is 0 Å². The van der Waals surface area contributed by atoms with Crippen molar-refractivity contribution in [1.82, 2.24) is 9.13 Å². The Balaban J connectivity index is 1.90. The average molecular weight is 334 g/mol. The molecule has 0 N–H and O–H groups in total. The normalized spacial score (nSPS) is 12.2. The molecule has 0 amide bonds. The number of hydrogen-bond acceptors (Lipinski definition) is 0. The number of rotatable bonds is 0. The third-order valence-corrected chi connectivity index (χ3v) is 5.92. The average Bonchev–Trinajstić information content (AvgIpc) is 3.13. The molecule has 4 aromatic carbocycles. The molecule has 2 heteroatoms. The summed E-state index contributed by atoms with van der Waals surface area (Å²) in [6.45, 7) is 0. The van der Waals surface area contributed by atoms with Crippen LogP contribution in [0.2, 0.25) is 0 Å². The van der Waals surface area contributed by atoms with E-state index in [0.717, 1.165) is 0 Å². The molecule has 0 aliphatic rings. The Kier molecular flexibility index (Phi) is 2.51. The highest BCUT2D eigenvalue weighted by Gasteiger charge is 2.15. The summed E-state index contributed by atoms with van der Waals surface area (Å²) in [5.41, 5.74) is 5.17. The fourth-order valence-corrected chi connectivity index (χ4v) is 4.64. The van der Waals surface area contributed by atoms with Gasteiger partial charge >= 0.3 is 0 Å². The smallest absolute Gasteiger partial charge is 0.0568 e. The van der Waals surface area contributed by atoms with E-state index in [0.29, 0.717) is 0 Å². The number of hydrogen-bond donors (Lipinski definition) is 0. The number of aromatic nitrogens is 2. The monoisotopic (exact) mass is 334 g/mol. The van der Waals surface area contributed by atoms with Crippen molar-refractivity contribution < 1.29 is 0 Å². The first-order valence-electron chi connectivity index (χ1n) is 9.01. The third-order valence-electron chi connectivity index (χ3n) is 5.92. The predicted molar refractivity (Wildman–Crippen MR) is 112 cm³/mol. The molecular formula is C24H18N2. The highest BCUT2D eigenvalue weighted by Crippen LogP contribution is 2.38. The van der Waals surface area contributed by atoms with Crippen molar-refractivity contribution in [3.05, 3.63) is 72.8 Å². The third kappa shape index (κ3) is 1.57. The summed E-state index contributed by atoms with van der Waals surface area (Å²) in [6.07, 6.45) is 0. The zero-order chi connectivity index (χ0) is 17.4. The molecule has 0 fully saturated rings. The van der Waals surface area contributed by atoms with Crippen molar-refractivity contribution in [2.75, 3.05) is 0 Å². The predicted octanol–water partition coefficient (Wildman–Crippen LogP) is 6.13. The molecule has 0 spiro atoms. The molecule has 6 rings (SSSR count). The van der Waals surface area contributed by atoms with E-state index in [1.807, 2.05) is 0 Å². The summed E-state index contributed by atoms with van der Waals surface area (Å²) in [5.74, 6) is 0. The van der Waals surface area contributed by atoms with Crippen molar-refractivity contribution in [2.24, 2.45) is 14.1 Å². The summed E-state index contributed by atoms with van der Waals surface area (Å²) < 4.78 is 4.66. The Morgan fingerprint density at radius 2 is 1.19 bits per heavy atom. The van der Waals surface area contributed by atoms with Gasteiger partial charge in [0.1, 0.15) is 0 Å². The Morgan fingerprint density at radius 1 is 0.500 bits per heavy atom. The molecule has 0 saturated heterocycles. The number of nitrogens with zero attached hydrogens (tertiary/aromatic N) is 2. The first-order chi connectivity index (χ1) is 12.7. The van der Waals surface area contributed by atoms with E-state index < -0.39 is 0 Å². The molecule has 26 heavy (non-hydrogen) atoms. The molecule has 0 saturated carbocycles. The Bertz CT molecular complexity index is 1500. The van der Waals surface area contributed by atoms with Crippen LogP contribution in [0.1, 0.15) is 0 Å². The molecule has 0 bridgehead atoms. The van der Waals surface area contributed by atoms with E-state index >= 15 is 0 Å². The fraction of sp³-hybridized carbons (Fsp3) is 0.0833. The first-order valence-corrected chi connectivity index (χ1v) is 9.01. The maximum absolute atomic E-state index is 2.38. The molecule has 6 aromatic rings. The van der Waals surface area contributed by atoms with Gasteiger partial charge in [0, 0.05) is 46.5 Å². The van der Waals surface area contributed by atoms with E-state index in [9.17, 15) is 0 Å². The van der Waals surface area contributed by atoms with Crippen LogP contribution in [0.5, 0.6) is 0 Å². The van der Waals surface area contributed by atoms with Crippen LogP contribution in [0.15, 0.2) is 72.8 Å². The van der Waals surface area contributed by atoms with Crippen LogP contribution in [-0.2, 0) is 14.1 Å². The van der Waals surface area contributed by atoms with Crippen molar-refractivity contribution >= 4 is 54.4 Å². The van der Waals surface area contributed by atoms with E-state index in [4.69, 9.17) is 0 Å². The molecule has 2 aromatic heterocycles. The quantitative estimate of drug-likeness (QED) is 0.316. The van der Waals surface area contributed by atoms with Gasteiger partial charge in [0.2, 0.25) is 0 Å². The van der Waals surface area contributed by atoms with Gasteiger partial charge in [-0.3, -0.25) is 0 Å². The van der Waals surface area contributed by atoms with Crippen molar-refractivity contribution in [1.29, 1.82) is 0 Å². The second-order valence-electron chi connectivity index (χ2n) is 7.20. The minimum atomic E-state index is 1.28. The number of para-hydroxylation sites is 1. The SMILES string of the molecule is Cn1c2ccccc2c2cc3c4ccc5ccccc5c4n(C)c3cc21. The van der Waals surface area contributed by atoms with Gasteiger partial charge in [-0.15, -0.1) is 0 Å². The second-order valence-corrected chi connectivity index (χ2v) is 7.20. The number of aryl methyl sites for hydroxylation is 2. The lowest BCUT2D eigenvalue weighted by Gasteiger charge is -2.03. The fourth-order valence-electron chi connectivity index (χ4n) is 4.64. The van der Waals surface area contributed by atoms with Crippen LogP contribution < -0.4 is 0 Å². The summed E-state index contributed by atoms with van der Waals surface area (Å²) in [6, 6.07) is 26.6. The van der Waals surface area contributed by atoms with Crippen LogP contribution in [0.25, 0.3) is 54.4 Å². The van der Waals surface area contributed by atoms with Crippen LogP contribution in [0, 0.1) is 0 Å². The molecule has 0 unspecified atom stereocenters. The minimum Gasteiger partial charge on any atom is -0.344 e. The van der Waals surface area contributed by atoms with Crippen LogP contribution >= 0.6 is 0 Å². The molecule has 0 atom stereocenters. The molecule has 2 heterocycles. The van der Waals surface area contributed by atoms with E-state index in [1.165, 1.54) is 54.4 Å². The molecule has 0 radical (unpaired) electrons. The molecule has 2 nitrogen and oxygen atoms in total. The largest absolute Gasteiger partial charge is 0.344 e. The van der Waals surface area contributed by atoms with E-state index in [2.05, 4.69) is 96.0 Å². The van der Waals surface area contributed by atoms with E-state index in [-0.39, 0.29) is 0 Å². The topological polar surface area (TPSA) is 9.86 Å². The summed E-state index contributed by atoms with van der Waals surface area (Å²) in [7, 11) is 4.35. The van der Waals surface area contributed by atoms with Gasteiger partial charge in [-0.05, 0) is 23.6 Å². The number of benzene rings is 4. The number of fused-ring (bicyclic) bond motifs is 8. The van der Waals surface area contributed by atoms with Crippen LogP contribution in [-0.4, -0.2) is 9.13 Å². The maximum atomic E-state index is 2.38. The molecular weight excluding hydrogens is 316 g/mol. The summed E-state index contributed by atoms with van der Waals surface area (Å²) in [5, 5.41) is 7.92. The lowest BCUT2D eigenvalue weighted by atomic mass is 10.0. The zero-order valence-electron chi connectivity index (χ0n) is 14.8. The van der Waals surface area contributed by atoms with Gasteiger partial charge in [-0.25, -0.2) is 0 Å². The van der Waals surface area contributed by atoms with E-state index in [1.54, 1.807) is 0 Å². The van der Waals surface area contributed by atoms with Crippen molar-refractivity contribution in [2.45, 2.75) is 0 Å². The van der Waals surface area contributed by atoms with Crippen LogP contribution in [0.3, 0.4) is 0 Å². The Hall–Kier alpha value is -3.26. The highest BCUT2D eigenvalue weighted by atomic mass is 15.0. The Morgan fingerprint density at radius 3 is 2.08 bits per heavy atom. The summed E-state index contributed by atoms with van der Waals surface area (Å²) in [4.78, 5) is 0. The molecule has 0 aliphatic heterocycles. The van der Waals surface area contributed by atoms with Crippen LogP contribution in [0.4, 0.5) is 0 Å². The first kappa shape index (κ1) is 14.0. The second kappa shape index (κ2) is 4.67. The van der Waals surface area contributed by atoms with Gasteiger partial charge in [-0.2, -0.15) is 0 Å². The summed E-state index contributed by atoms with van der Waals surface area (Å²) >= 11 is 0.